The highest BCUT2D eigenvalue weighted by Crippen LogP contribution is 2.26. The molecule has 1 aromatic heterocycles. The van der Waals surface area contributed by atoms with Gasteiger partial charge in [-0.25, -0.2) is 8.42 Å². The van der Waals surface area contributed by atoms with Gasteiger partial charge in [0.2, 0.25) is 5.91 Å². The molecule has 25 heavy (non-hydrogen) atoms. The number of hydrogen-bond donors (Lipinski definition) is 1. The standard InChI is InChI=1S/C17H21N3O3S2/c1-13-6-7-17(24-13)25(22,23)18-15-4-3-5-16(12-15)20-10-8-19(9-11-20)14(2)21/h3-7,12,18H,8-11H2,1-2H3. The topological polar surface area (TPSA) is 69.7 Å². The fourth-order valence-corrected chi connectivity index (χ4v) is 5.14. The minimum Gasteiger partial charge on any atom is -0.368 e. The van der Waals surface area contributed by atoms with Gasteiger partial charge in [0.25, 0.3) is 10.0 Å². The average Bonchev–Trinajstić information content (AvgIpc) is 3.02. The first-order valence-corrected chi connectivity index (χ1v) is 10.3. The lowest BCUT2D eigenvalue weighted by atomic mass is 10.2. The summed E-state index contributed by atoms with van der Waals surface area (Å²) in [5.74, 6) is 0.0902. The molecule has 2 aromatic rings. The van der Waals surface area contributed by atoms with Crippen molar-refractivity contribution < 1.29 is 13.2 Å². The van der Waals surface area contributed by atoms with Gasteiger partial charge in [0, 0.05) is 43.7 Å². The smallest absolute Gasteiger partial charge is 0.271 e. The molecule has 1 N–H and O–H groups in total. The van der Waals surface area contributed by atoms with Gasteiger partial charge in [-0.2, -0.15) is 0 Å². The Balaban J connectivity index is 1.73. The largest absolute Gasteiger partial charge is 0.368 e. The lowest BCUT2D eigenvalue weighted by molar-refractivity contribution is -0.129. The molecule has 0 saturated carbocycles. The monoisotopic (exact) mass is 379 g/mol. The van der Waals surface area contributed by atoms with Crippen LogP contribution in [0.4, 0.5) is 11.4 Å². The molecule has 1 fully saturated rings. The van der Waals surface area contributed by atoms with E-state index in [1.165, 1.54) is 11.3 Å². The Bertz CT molecular complexity index is 869. The molecule has 1 aromatic carbocycles. The number of amides is 1. The third kappa shape index (κ3) is 4.13. The van der Waals surface area contributed by atoms with Crippen LogP contribution in [0.2, 0.25) is 0 Å². The van der Waals surface area contributed by atoms with Crippen molar-refractivity contribution in [3.8, 4) is 0 Å². The molecular formula is C17H21N3O3S2. The second-order valence-electron chi connectivity index (χ2n) is 6.01. The molecule has 3 rings (SSSR count). The minimum atomic E-state index is -3.56. The summed E-state index contributed by atoms with van der Waals surface area (Å²) in [5, 5.41) is 0. The molecule has 1 saturated heterocycles. The van der Waals surface area contributed by atoms with E-state index in [0.29, 0.717) is 23.0 Å². The van der Waals surface area contributed by atoms with E-state index in [-0.39, 0.29) is 5.91 Å². The molecule has 0 radical (unpaired) electrons. The van der Waals surface area contributed by atoms with Crippen LogP contribution in [0.15, 0.2) is 40.6 Å². The summed E-state index contributed by atoms with van der Waals surface area (Å²) in [4.78, 5) is 16.4. The summed E-state index contributed by atoms with van der Waals surface area (Å²) in [7, 11) is -3.56. The molecule has 8 heteroatoms. The van der Waals surface area contributed by atoms with E-state index in [9.17, 15) is 13.2 Å². The van der Waals surface area contributed by atoms with Crippen molar-refractivity contribution in [1.29, 1.82) is 0 Å². The van der Waals surface area contributed by atoms with Crippen molar-refractivity contribution in [3.05, 3.63) is 41.3 Å². The van der Waals surface area contributed by atoms with Gasteiger partial charge in [-0.15, -0.1) is 11.3 Å². The average molecular weight is 380 g/mol. The van der Waals surface area contributed by atoms with E-state index in [0.717, 1.165) is 23.7 Å². The van der Waals surface area contributed by atoms with Gasteiger partial charge in [-0.05, 0) is 37.3 Å². The first-order chi connectivity index (χ1) is 11.8. The number of rotatable bonds is 4. The summed E-state index contributed by atoms with van der Waals surface area (Å²) < 4.78 is 27.9. The van der Waals surface area contributed by atoms with Gasteiger partial charge in [-0.1, -0.05) is 6.07 Å². The maximum absolute atomic E-state index is 12.5. The highest BCUT2D eigenvalue weighted by atomic mass is 32.2. The molecule has 1 amide bonds. The zero-order valence-electron chi connectivity index (χ0n) is 14.2. The lowest BCUT2D eigenvalue weighted by Crippen LogP contribution is -2.48. The lowest BCUT2D eigenvalue weighted by Gasteiger charge is -2.35. The third-order valence-corrected chi connectivity index (χ3v) is 7.04. The Morgan fingerprint density at radius 1 is 1.12 bits per heavy atom. The van der Waals surface area contributed by atoms with Crippen molar-refractivity contribution >= 4 is 38.6 Å². The highest BCUT2D eigenvalue weighted by molar-refractivity contribution is 7.94. The fraction of sp³-hybridized carbons (Fsp3) is 0.353. The van der Waals surface area contributed by atoms with Crippen LogP contribution in [0, 0.1) is 6.92 Å². The number of carbonyl (C=O) groups excluding carboxylic acids is 1. The van der Waals surface area contributed by atoms with Crippen molar-refractivity contribution in [2.24, 2.45) is 0 Å². The van der Waals surface area contributed by atoms with Crippen LogP contribution in [0.3, 0.4) is 0 Å². The maximum atomic E-state index is 12.5. The number of aryl methyl sites for hydroxylation is 1. The van der Waals surface area contributed by atoms with Gasteiger partial charge in [0.05, 0.1) is 5.69 Å². The molecule has 134 valence electrons. The number of hydrogen-bond acceptors (Lipinski definition) is 5. The predicted molar refractivity (Wildman–Crippen MR) is 101 cm³/mol. The van der Waals surface area contributed by atoms with Gasteiger partial charge >= 0.3 is 0 Å². The Kier molecular flexibility index (Phi) is 5.01. The first kappa shape index (κ1) is 17.8. The number of anilines is 2. The summed E-state index contributed by atoms with van der Waals surface area (Å²) in [5.41, 5.74) is 1.49. The molecule has 2 heterocycles. The summed E-state index contributed by atoms with van der Waals surface area (Å²) >= 11 is 1.25. The van der Waals surface area contributed by atoms with Crippen molar-refractivity contribution in [1.82, 2.24) is 4.90 Å². The zero-order chi connectivity index (χ0) is 18.0. The molecule has 0 unspecified atom stereocenters. The number of nitrogens with zero attached hydrogens (tertiary/aromatic N) is 2. The molecule has 1 aliphatic rings. The molecule has 0 bridgehead atoms. The number of nitrogens with one attached hydrogen (secondary N) is 1. The molecule has 6 nitrogen and oxygen atoms in total. The number of benzene rings is 1. The van der Waals surface area contributed by atoms with Crippen LogP contribution in [0.25, 0.3) is 0 Å². The second-order valence-corrected chi connectivity index (χ2v) is 9.21. The Hall–Kier alpha value is -2.06. The molecule has 1 aliphatic heterocycles. The fourth-order valence-electron chi connectivity index (χ4n) is 2.81. The Labute approximate surface area is 152 Å². The van der Waals surface area contributed by atoms with Crippen molar-refractivity contribution in [2.45, 2.75) is 18.1 Å². The first-order valence-electron chi connectivity index (χ1n) is 8.05. The summed E-state index contributed by atoms with van der Waals surface area (Å²) in [6.07, 6.45) is 0. The number of piperazine rings is 1. The molecule has 0 aliphatic carbocycles. The van der Waals surface area contributed by atoms with E-state index in [1.54, 1.807) is 25.1 Å². The highest BCUT2D eigenvalue weighted by Gasteiger charge is 2.20. The maximum Gasteiger partial charge on any atom is 0.271 e. The van der Waals surface area contributed by atoms with Gasteiger partial charge in [0.1, 0.15) is 4.21 Å². The van der Waals surface area contributed by atoms with E-state index >= 15 is 0 Å². The minimum absolute atomic E-state index is 0.0902. The van der Waals surface area contributed by atoms with E-state index in [2.05, 4.69) is 9.62 Å². The van der Waals surface area contributed by atoms with Crippen LogP contribution in [-0.2, 0) is 14.8 Å². The normalized spacial score (nSPS) is 15.3. The Morgan fingerprint density at radius 3 is 2.44 bits per heavy atom. The summed E-state index contributed by atoms with van der Waals surface area (Å²) in [6, 6.07) is 10.8. The van der Waals surface area contributed by atoms with Gasteiger partial charge in [-0.3, -0.25) is 9.52 Å². The van der Waals surface area contributed by atoms with Crippen molar-refractivity contribution in [2.75, 3.05) is 35.8 Å². The number of thiophene rings is 1. The van der Waals surface area contributed by atoms with Crippen molar-refractivity contribution in [3.63, 3.8) is 0 Å². The summed E-state index contributed by atoms with van der Waals surface area (Å²) in [6.45, 7) is 6.29. The third-order valence-electron chi connectivity index (χ3n) is 4.17. The van der Waals surface area contributed by atoms with Crippen LogP contribution >= 0.6 is 11.3 Å². The van der Waals surface area contributed by atoms with E-state index < -0.39 is 10.0 Å². The van der Waals surface area contributed by atoms with Crippen LogP contribution in [0.1, 0.15) is 11.8 Å². The van der Waals surface area contributed by atoms with Gasteiger partial charge < -0.3 is 9.80 Å². The molecule has 0 spiro atoms. The van der Waals surface area contributed by atoms with Gasteiger partial charge in [0.15, 0.2) is 0 Å². The molecule has 0 atom stereocenters. The number of sulfonamides is 1. The van der Waals surface area contributed by atoms with Crippen LogP contribution in [0.5, 0.6) is 0 Å². The van der Waals surface area contributed by atoms with Crippen LogP contribution in [-0.4, -0.2) is 45.4 Å². The zero-order valence-corrected chi connectivity index (χ0v) is 15.9. The van der Waals surface area contributed by atoms with E-state index in [1.807, 2.05) is 30.0 Å². The Morgan fingerprint density at radius 2 is 1.84 bits per heavy atom. The van der Waals surface area contributed by atoms with Crippen LogP contribution < -0.4 is 9.62 Å². The number of carbonyl (C=O) groups is 1. The van der Waals surface area contributed by atoms with E-state index in [4.69, 9.17) is 0 Å². The quantitative estimate of drug-likeness (QED) is 0.886. The predicted octanol–water partition coefficient (Wildman–Crippen LogP) is 2.53. The SMILES string of the molecule is CC(=O)N1CCN(c2cccc(NS(=O)(=O)c3ccc(C)s3)c2)CC1. The second kappa shape index (κ2) is 7.05. The molecular weight excluding hydrogens is 358 g/mol.